The van der Waals surface area contributed by atoms with E-state index in [2.05, 4.69) is 9.55 Å². The SMILES string of the molecule is CCCn1c(N)c(C(=O)COC(=O)/C=C/c2cc(C)n(C3CC3)c2C)c(=O)[nH]c1=O. The quantitative estimate of drug-likeness (QED) is 0.384. The number of nitrogen functional groups attached to an aromatic ring is 1. The molecule has 0 saturated heterocycles. The molecule has 0 unspecified atom stereocenters. The second-order valence-electron chi connectivity index (χ2n) is 7.46. The van der Waals surface area contributed by atoms with Crippen LogP contribution in [0.25, 0.3) is 6.08 Å². The van der Waals surface area contributed by atoms with Gasteiger partial charge in [0.1, 0.15) is 11.4 Å². The average Bonchev–Trinajstić information content (AvgIpc) is 3.47. The van der Waals surface area contributed by atoms with E-state index < -0.39 is 29.6 Å². The summed E-state index contributed by atoms with van der Waals surface area (Å²) in [6, 6.07) is 2.54. The monoisotopic (exact) mass is 414 g/mol. The Morgan fingerprint density at radius 3 is 2.63 bits per heavy atom. The highest BCUT2D eigenvalue weighted by Crippen LogP contribution is 2.38. The molecule has 1 fully saturated rings. The molecule has 3 rings (SSSR count). The molecular formula is C21H26N4O5. The summed E-state index contributed by atoms with van der Waals surface area (Å²) in [7, 11) is 0. The maximum absolute atomic E-state index is 12.4. The zero-order chi connectivity index (χ0) is 22.0. The second-order valence-corrected chi connectivity index (χ2v) is 7.46. The number of aromatic amines is 1. The zero-order valence-corrected chi connectivity index (χ0v) is 17.4. The lowest BCUT2D eigenvalue weighted by Crippen LogP contribution is -2.37. The van der Waals surface area contributed by atoms with Gasteiger partial charge in [0.25, 0.3) is 5.56 Å². The van der Waals surface area contributed by atoms with E-state index in [9.17, 15) is 19.2 Å². The van der Waals surface area contributed by atoms with Gasteiger partial charge in [-0.15, -0.1) is 0 Å². The molecule has 3 N–H and O–H groups in total. The number of rotatable bonds is 8. The van der Waals surface area contributed by atoms with Gasteiger partial charge in [0.05, 0.1) is 0 Å². The fourth-order valence-electron chi connectivity index (χ4n) is 3.58. The molecule has 30 heavy (non-hydrogen) atoms. The van der Waals surface area contributed by atoms with Crippen molar-refractivity contribution in [2.24, 2.45) is 0 Å². The molecule has 0 aromatic carbocycles. The van der Waals surface area contributed by atoms with Gasteiger partial charge in [0, 0.05) is 30.1 Å². The Morgan fingerprint density at radius 2 is 2.00 bits per heavy atom. The third kappa shape index (κ3) is 4.29. The Bertz CT molecular complexity index is 1130. The minimum Gasteiger partial charge on any atom is -0.454 e. The summed E-state index contributed by atoms with van der Waals surface area (Å²) in [5.41, 5.74) is 7.01. The zero-order valence-electron chi connectivity index (χ0n) is 17.4. The molecule has 0 amide bonds. The Hall–Kier alpha value is -3.36. The van der Waals surface area contributed by atoms with Crippen LogP contribution in [-0.4, -0.2) is 32.5 Å². The maximum atomic E-state index is 12.4. The van der Waals surface area contributed by atoms with Gasteiger partial charge in [-0.2, -0.15) is 0 Å². The third-order valence-electron chi connectivity index (χ3n) is 5.15. The van der Waals surface area contributed by atoms with Crippen LogP contribution in [-0.2, 0) is 16.1 Å². The highest BCUT2D eigenvalue weighted by atomic mass is 16.5. The summed E-state index contributed by atoms with van der Waals surface area (Å²) in [6.07, 6.45) is 5.81. The van der Waals surface area contributed by atoms with Gasteiger partial charge in [-0.3, -0.25) is 19.1 Å². The molecule has 0 aliphatic heterocycles. The number of aromatic nitrogens is 3. The Labute approximate surface area is 173 Å². The topological polar surface area (TPSA) is 129 Å². The molecule has 2 aromatic rings. The summed E-state index contributed by atoms with van der Waals surface area (Å²) in [4.78, 5) is 50.4. The number of carbonyl (C=O) groups is 2. The summed E-state index contributed by atoms with van der Waals surface area (Å²) in [5, 5.41) is 0. The van der Waals surface area contributed by atoms with Crippen molar-refractivity contribution in [3.63, 3.8) is 0 Å². The van der Waals surface area contributed by atoms with Gasteiger partial charge >= 0.3 is 11.7 Å². The van der Waals surface area contributed by atoms with Crippen LogP contribution < -0.4 is 17.0 Å². The number of esters is 1. The lowest BCUT2D eigenvalue weighted by Gasteiger charge is -2.11. The number of ketones is 1. The van der Waals surface area contributed by atoms with Crippen LogP contribution in [0.5, 0.6) is 0 Å². The van der Waals surface area contributed by atoms with Crippen molar-refractivity contribution in [2.45, 2.75) is 52.6 Å². The molecular weight excluding hydrogens is 388 g/mol. The lowest BCUT2D eigenvalue weighted by molar-refractivity contribution is -0.136. The van der Waals surface area contributed by atoms with E-state index in [1.54, 1.807) is 6.08 Å². The molecule has 2 aromatic heterocycles. The predicted molar refractivity (Wildman–Crippen MR) is 113 cm³/mol. The molecule has 0 atom stereocenters. The van der Waals surface area contributed by atoms with Crippen LogP contribution >= 0.6 is 0 Å². The molecule has 9 heteroatoms. The van der Waals surface area contributed by atoms with Crippen molar-refractivity contribution in [3.8, 4) is 0 Å². The standard InChI is InChI=1S/C21H26N4O5/c1-4-9-24-19(22)18(20(28)23-21(24)29)16(26)11-30-17(27)8-5-14-10-12(2)25(13(14)3)15-6-7-15/h5,8,10,15H,4,6-7,9,11,22H2,1-3H3,(H,23,28,29)/b8-5+. The number of nitrogens with one attached hydrogen (secondary N) is 1. The fraction of sp³-hybridized carbons (Fsp3) is 0.429. The van der Waals surface area contributed by atoms with Crippen LogP contribution in [0.2, 0.25) is 0 Å². The van der Waals surface area contributed by atoms with Crippen molar-refractivity contribution in [1.82, 2.24) is 14.1 Å². The van der Waals surface area contributed by atoms with E-state index in [1.807, 2.05) is 26.8 Å². The minimum atomic E-state index is -0.894. The molecule has 0 spiro atoms. The van der Waals surface area contributed by atoms with E-state index in [1.165, 1.54) is 6.08 Å². The van der Waals surface area contributed by atoms with Gasteiger partial charge in [-0.25, -0.2) is 9.59 Å². The number of aryl methyl sites for hydroxylation is 1. The van der Waals surface area contributed by atoms with Crippen molar-refractivity contribution in [3.05, 3.63) is 55.5 Å². The van der Waals surface area contributed by atoms with E-state index >= 15 is 0 Å². The average molecular weight is 414 g/mol. The van der Waals surface area contributed by atoms with Gasteiger partial charge in [0.15, 0.2) is 6.61 Å². The first-order valence-corrected chi connectivity index (χ1v) is 9.93. The highest BCUT2D eigenvalue weighted by molar-refractivity contribution is 6.01. The number of carbonyl (C=O) groups excluding carboxylic acids is 2. The van der Waals surface area contributed by atoms with Gasteiger partial charge < -0.3 is 15.0 Å². The predicted octanol–water partition coefficient (Wildman–Crippen LogP) is 1.72. The van der Waals surface area contributed by atoms with E-state index in [0.717, 1.165) is 34.4 Å². The highest BCUT2D eigenvalue weighted by Gasteiger charge is 2.26. The normalized spacial score (nSPS) is 13.7. The molecule has 2 heterocycles. The summed E-state index contributed by atoms with van der Waals surface area (Å²) in [5.74, 6) is -1.71. The number of ether oxygens (including phenoxy) is 1. The fourth-order valence-corrected chi connectivity index (χ4v) is 3.58. The van der Waals surface area contributed by atoms with Crippen LogP contribution in [0.3, 0.4) is 0 Å². The first-order chi connectivity index (χ1) is 14.2. The number of Topliss-reactive ketones (excluding diaryl/α,β-unsaturated/α-hetero) is 1. The molecule has 9 nitrogen and oxygen atoms in total. The van der Waals surface area contributed by atoms with Gasteiger partial charge in [-0.05, 0) is 50.8 Å². The molecule has 0 radical (unpaired) electrons. The van der Waals surface area contributed by atoms with E-state index in [-0.39, 0.29) is 17.9 Å². The van der Waals surface area contributed by atoms with Crippen LogP contribution in [0, 0.1) is 13.8 Å². The molecule has 1 aliphatic rings. The summed E-state index contributed by atoms with van der Waals surface area (Å²) >= 11 is 0. The van der Waals surface area contributed by atoms with Crippen molar-refractivity contribution >= 4 is 23.6 Å². The Balaban J connectivity index is 1.68. The van der Waals surface area contributed by atoms with Crippen molar-refractivity contribution in [1.29, 1.82) is 0 Å². The molecule has 1 aliphatic carbocycles. The molecule has 0 bridgehead atoms. The second kappa shape index (κ2) is 8.56. The minimum absolute atomic E-state index is 0.227. The largest absolute Gasteiger partial charge is 0.454 e. The summed E-state index contributed by atoms with van der Waals surface area (Å²) < 4.78 is 8.35. The van der Waals surface area contributed by atoms with Crippen LogP contribution in [0.1, 0.15) is 59.5 Å². The first-order valence-electron chi connectivity index (χ1n) is 9.93. The molecule has 160 valence electrons. The van der Waals surface area contributed by atoms with Crippen LogP contribution in [0.4, 0.5) is 5.82 Å². The van der Waals surface area contributed by atoms with Crippen molar-refractivity contribution in [2.75, 3.05) is 12.3 Å². The lowest BCUT2D eigenvalue weighted by atomic mass is 10.2. The first kappa shape index (κ1) is 21.4. The number of nitrogens with two attached hydrogens (primary N) is 1. The smallest absolute Gasteiger partial charge is 0.331 e. The number of hydrogen-bond acceptors (Lipinski definition) is 6. The maximum Gasteiger partial charge on any atom is 0.331 e. The van der Waals surface area contributed by atoms with Gasteiger partial charge in [0.2, 0.25) is 5.78 Å². The third-order valence-corrected chi connectivity index (χ3v) is 5.15. The Morgan fingerprint density at radius 1 is 1.30 bits per heavy atom. The van der Waals surface area contributed by atoms with Gasteiger partial charge in [-0.1, -0.05) is 6.92 Å². The van der Waals surface area contributed by atoms with E-state index in [0.29, 0.717) is 12.5 Å². The van der Waals surface area contributed by atoms with Crippen molar-refractivity contribution < 1.29 is 14.3 Å². The molecule has 1 saturated carbocycles. The summed E-state index contributed by atoms with van der Waals surface area (Å²) in [6.45, 7) is 5.46. The number of H-pyrrole nitrogens is 1. The van der Waals surface area contributed by atoms with Crippen LogP contribution in [0.15, 0.2) is 21.7 Å². The number of nitrogens with zero attached hydrogens (tertiary/aromatic N) is 2. The van der Waals surface area contributed by atoms with E-state index in [4.69, 9.17) is 10.5 Å². The number of anilines is 1. The number of hydrogen-bond donors (Lipinski definition) is 2. The Kier molecular flexibility index (Phi) is 6.09.